The second-order valence-electron chi connectivity index (χ2n) is 6.07. The molecule has 9 nitrogen and oxygen atoms in total. The number of ether oxygens (including phenoxy) is 2. The number of carbonyl (C=O) groups is 1. The number of aromatic nitrogens is 3. The van der Waals surface area contributed by atoms with Gasteiger partial charge >= 0.3 is 5.97 Å². The maximum absolute atomic E-state index is 12.4. The van der Waals surface area contributed by atoms with Crippen LogP contribution in [0.15, 0.2) is 36.4 Å². The van der Waals surface area contributed by atoms with Gasteiger partial charge in [-0.1, -0.05) is 29.3 Å². The van der Waals surface area contributed by atoms with Crippen molar-refractivity contribution in [2.45, 2.75) is 13.5 Å². The van der Waals surface area contributed by atoms with Crippen molar-refractivity contribution in [1.82, 2.24) is 15.0 Å². The number of carbonyl (C=O) groups excluding carboxylic acids is 1. The molecule has 0 aliphatic carbocycles. The zero-order valence-corrected chi connectivity index (χ0v) is 16.5. The van der Waals surface area contributed by atoms with Gasteiger partial charge in [-0.2, -0.15) is 15.0 Å². The fraction of sp³-hybridized carbons (Fsp3) is 0.158. The number of halogens is 1. The molecule has 1 heterocycles. The molecule has 1 aromatic heterocycles. The van der Waals surface area contributed by atoms with Gasteiger partial charge < -0.3 is 26.3 Å². The number of hydrogen-bond acceptors (Lipinski definition) is 9. The number of anilines is 4. The van der Waals surface area contributed by atoms with Crippen molar-refractivity contribution in [3.63, 3.8) is 0 Å². The normalized spacial score (nSPS) is 10.4. The number of nitrogens with zero attached hydrogens (tertiary/aromatic N) is 3. The highest BCUT2D eigenvalue weighted by molar-refractivity contribution is 6.33. The highest BCUT2D eigenvalue weighted by atomic mass is 35.5. The van der Waals surface area contributed by atoms with Crippen LogP contribution in [0, 0.1) is 6.92 Å². The van der Waals surface area contributed by atoms with Gasteiger partial charge in [0.2, 0.25) is 11.9 Å². The van der Waals surface area contributed by atoms with E-state index in [1.165, 1.54) is 19.2 Å². The Bertz CT molecular complexity index is 1040. The van der Waals surface area contributed by atoms with E-state index in [-0.39, 0.29) is 46.4 Å². The Morgan fingerprint density at radius 1 is 1.14 bits per heavy atom. The lowest BCUT2D eigenvalue weighted by Gasteiger charge is -2.11. The molecular formula is C19H19ClN6O3. The Labute approximate surface area is 172 Å². The van der Waals surface area contributed by atoms with Crippen LogP contribution in [-0.2, 0) is 11.3 Å². The summed E-state index contributed by atoms with van der Waals surface area (Å²) in [6.45, 7) is 1.76. The summed E-state index contributed by atoms with van der Waals surface area (Å²) in [7, 11) is 1.41. The summed E-state index contributed by atoms with van der Waals surface area (Å²) in [6, 6.07) is 10.5. The quantitative estimate of drug-likeness (QED) is 0.410. The molecule has 0 atom stereocenters. The average Bonchev–Trinajstić information content (AvgIpc) is 2.69. The van der Waals surface area contributed by atoms with Gasteiger partial charge in [0.25, 0.3) is 0 Å². The topological polar surface area (TPSA) is 138 Å². The number of rotatable bonds is 6. The Hall–Kier alpha value is -3.59. The van der Waals surface area contributed by atoms with Crippen LogP contribution in [0.25, 0.3) is 0 Å². The van der Waals surface area contributed by atoms with Crippen LogP contribution in [0.4, 0.5) is 23.3 Å². The highest BCUT2D eigenvalue weighted by Crippen LogP contribution is 2.29. The number of esters is 1. The van der Waals surface area contributed by atoms with Crippen molar-refractivity contribution < 1.29 is 14.3 Å². The first-order valence-corrected chi connectivity index (χ1v) is 8.87. The minimum absolute atomic E-state index is 0.00577. The first-order chi connectivity index (χ1) is 13.9. The van der Waals surface area contributed by atoms with Crippen molar-refractivity contribution in [3.8, 4) is 5.75 Å². The monoisotopic (exact) mass is 414 g/mol. The maximum Gasteiger partial charge on any atom is 0.342 e. The summed E-state index contributed by atoms with van der Waals surface area (Å²) in [5.74, 6) is -0.0141. The Kier molecular flexibility index (Phi) is 5.99. The van der Waals surface area contributed by atoms with Crippen LogP contribution in [-0.4, -0.2) is 28.0 Å². The smallest absolute Gasteiger partial charge is 0.342 e. The molecule has 0 fully saturated rings. The fourth-order valence-electron chi connectivity index (χ4n) is 2.43. The van der Waals surface area contributed by atoms with Gasteiger partial charge in [-0.3, -0.25) is 0 Å². The second kappa shape index (κ2) is 8.61. The summed E-state index contributed by atoms with van der Waals surface area (Å²) < 4.78 is 10.4. The van der Waals surface area contributed by atoms with Gasteiger partial charge in [0.1, 0.15) is 11.3 Å². The molecule has 3 aromatic rings. The largest absolute Gasteiger partial charge is 0.496 e. The van der Waals surface area contributed by atoms with Crippen LogP contribution in [0.5, 0.6) is 5.75 Å². The number of nitrogen functional groups attached to an aromatic ring is 2. The van der Waals surface area contributed by atoms with Crippen molar-refractivity contribution in [3.05, 3.63) is 58.4 Å². The predicted molar refractivity (Wildman–Crippen MR) is 110 cm³/mol. The molecule has 0 radical (unpaired) electrons. The van der Waals surface area contributed by atoms with Crippen molar-refractivity contribution in [2.24, 2.45) is 0 Å². The summed E-state index contributed by atoms with van der Waals surface area (Å²) in [4.78, 5) is 24.7. The summed E-state index contributed by atoms with van der Waals surface area (Å²) >= 11 is 5.99. The zero-order valence-electron chi connectivity index (χ0n) is 15.8. The van der Waals surface area contributed by atoms with Crippen LogP contribution in [0.1, 0.15) is 21.7 Å². The minimum Gasteiger partial charge on any atom is -0.496 e. The summed E-state index contributed by atoms with van der Waals surface area (Å²) in [5, 5.41) is 3.24. The SMILES string of the molecule is COc1cc(N)c(Cl)cc1C(=O)OCc1nc(N)nc(Nc2ccc(C)cc2)n1. The molecule has 0 spiro atoms. The molecule has 0 aliphatic rings. The third kappa shape index (κ3) is 5.02. The van der Waals surface area contributed by atoms with E-state index in [4.69, 9.17) is 32.5 Å². The minimum atomic E-state index is -0.671. The highest BCUT2D eigenvalue weighted by Gasteiger charge is 2.17. The summed E-state index contributed by atoms with van der Waals surface area (Å²) in [5.41, 5.74) is 13.8. The summed E-state index contributed by atoms with van der Waals surface area (Å²) in [6.07, 6.45) is 0. The Morgan fingerprint density at radius 3 is 2.55 bits per heavy atom. The van der Waals surface area contributed by atoms with Gasteiger partial charge in [0.15, 0.2) is 12.4 Å². The molecule has 5 N–H and O–H groups in total. The molecule has 0 bridgehead atoms. The number of methoxy groups -OCH3 is 1. The average molecular weight is 415 g/mol. The zero-order chi connectivity index (χ0) is 21.0. The molecule has 2 aromatic carbocycles. The second-order valence-corrected chi connectivity index (χ2v) is 6.48. The lowest BCUT2D eigenvalue weighted by Crippen LogP contribution is -2.12. The van der Waals surface area contributed by atoms with E-state index in [1.54, 1.807) is 0 Å². The van der Waals surface area contributed by atoms with Crippen LogP contribution < -0.4 is 21.5 Å². The van der Waals surface area contributed by atoms with E-state index in [0.29, 0.717) is 0 Å². The standard InChI is InChI=1S/C19H19ClN6O3/c1-10-3-5-11(6-4-10)23-19-25-16(24-18(22)26-19)9-29-17(27)12-7-13(20)14(21)8-15(12)28-2/h3-8H,9,21H2,1-2H3,(H3,22,23,24,25,26). The third-order valence-electron chi connectivity index (χ3n) is 3.88. The van der Waals surface area contributed by atoms with Crippen molar-refractivity contribution in [1.29, 1.82) is 0 Å². The molecule has 0 saturated heterocycles. The van der Waals surface area contributed by atoms with Gasteiger partial charge in [-0.15, -0.1) is 0 Å². The maximum atomic E-state index is 12.4. The lowest BCUT2D eigenvalue weighted by molar-refractivity contribution is 0.0458. The lowest BCUT2D eigenvalue weighted by atomic mass is 10.2. The first kappa shape index (κ1) is 20.2. The number of nitrogens with one attached hydrogen (secondary N) is 1. The van der Waals surface area contributed by atoms with E-state index in [1.807, 2.05) is 31.2 Å². The van der Waals surface area contributed by atoms with E-state index in [9.17, 15) is 4.79 Å². The number of nitrogens with two attached hydrogens (primary N) is 2. The Balaban J connectivity index is 1.74. The van der Waals surface area contributed by atoms with E-state index >= 15 is 0 Å². The van der Waals surface area contributed by atoms with Crippen LogP contribution in [0.2, 0.25) is 5.02 Å². The van der Waals surface area contributed by atoms with E-state index in [2.05, 4.69) is 20.3 Å². The number of benzene rings is 2. The third-order valence-corrected chi connectivity index (χ3v) is 4.21. The van der Waals surface area contributed by atoms with E-state index in [0.717, 1.165) is 11.3 Å². The molecule has 0 amide bonds. The van der Waals surface area contributed by atoms with Crippen molar-refractivity contribution in [2.75, 3.05) is 23.9 Å². The molecule has 0 unspecified atom stereocenters. The molecule has 150 valence electrons. The van der Waals surface area contributed by atoms with Crippen LogP contribution in [0.3, 0.4) is 0 Å². The van der Waals surface area contributed by atoms with Crippen LogP contribution >= 0.6 is 11.6 Å². The predicted octanol–water partition coefficient (Wildman–Crippen LogP) is 3.11. The fourth-order valence-corrected chi connectivity index (χ4v) is 2.59. The number of hydrogen-bond donors (Lipinski definition) is 3. The van der Waals surface area contributed by atoms with Gasteiger partial charge in [0.05, 0.1) is 17.8 Å². The van der Waals surface area contributed by atoms with E-state index < -0.39 is 5.97 Å². The first-order valence-electron chi connectivity index (χ1n) is 8.50. The van der Waals surface area contributed by atoms with Crippen molar-refractivity contribution >= 4 is 40.8 Å². The molecular weight excluding hydrogens is 396 g/mol. The van der Waals surface area contributed by atoms with Gasteiger partial charge in [-0.25, -0.2) is 4.79 Å². The molecule has 3 rings (SSSR count). The molecule has 10 heteroatoms. The van der Waals surface area contributed by atoms with Gasteiger partial charge in [-0.05, 0) is 25.1 Å². The molecule has 0 aliphatic heterocycles. The van der Waals surface area contributed by atoms with Gasteiger partial charge in [0, 0.05) is 11.8 Å². The molecule has 29 heavy (non-hydrogen) atoms. The molecule has 0 saturated carbocycles. The Morgan fingerprint density at radius 2 is 1.86 bits per heavy atom. The number of aryl methyl sites for hydroxylation is 1.